The number of rotatable bonds is 4. The quantitative estimate of drug-likeness (QED) is 0.399. The van der Waals surface area contributed by atoms with Crippen molar-refractivity contribution < 1.29 is 48.7 Å². The van der Waals surface area contributed by atoms with Crippen LogP contribution in [0.3, 0.4) is 0 Å². The van der Waals surface area contributed by atoms with Crippen LogP contribution in [0.15, 0.2) is 41.8 Å². The third-order valence-corrected chi connectivity index (χ3v) is 2.36. The molecule has 1 rings (SSSR count). The minimum atomic E-state index is -4.12. The summed E-state index contributed by atoms with van der Waals surface area (Å²) in [4.78, 5) is -0.150. The molecule has 0 atom stereocenters. The van der Waals surface area contributed by atoms with Gasteiger partial charge in [0.1, 0.15) is 12.4 Å². The van der Waals surface area contributed by atoms with Crippen molar-refractivity contribution in [1.29, 1.82) is 0 Å². The van der Waals surface area contributed by atoms with E-state index >= 15 is 0 Å². The van der Waals surface area contributed by atoms with Crippen molar-refractivity contribution in [1.82, 2.24) is 0 Å². The van der Waals surface area contributed by atoms with Crippen molar-refractivity contribution in [3.8, 4) is 5.75 Å². The predicted molar refractivity (Wildman–Crippen MR) is 53.1 cm³/mol. The van der Waals surface area contributed by atoms with E-state index in [0.717, 1.165) is 0 Å². The van der Waals surface area contributed by atoms with Crippen LogP contribution < -0.4 is 34.3 Å². The van der Waals surface area contributed by atoms with E-state index in [1.54, 1.807) is 6.08 Å². The van der Waals surface area contributed by atoms with Gasteiger partial charge in [-0.15, -0.1) is 0 Å². The fraction of sp³-hybridized carbons (Fsp3) is 0.111. The van der Waals surface area contributed by atoms with Crippen molar-refractivity contribution in [2.24, 2.45) is 0 Å². The van der Waals surface area contributed by atoms with Gasteiger partial charge >= 0.3 is 29.6 Å². The topological polar surface area (TPSA) is 63.6 Å². The summed E-state index contributed by atoms with van der Waals surface area (Å²) >= 11 is 0. The van der Waals surface area contributed by atoms with E-state index in [0.29, 0.717) is 12.4 Å². The molecule has 4 nitrogen and oxygen atoms in total. The Bertz CT molecular complexity index is 416. The van der Waals surface area contributed by atoms with Crippen LogP contribution in [0.1, 0.15) is 1.43 Å². The molecule has 0 fully saturated rings. The van der Waals surface area contributed by atoms with Gasteiger partial charge in [0.15, 0.2) is 0 Å². The van der Waals surface area contributed by atoms with Gasteiger partial charge in [0, 0.05) is 0 Å². The normalized spacial score (nSPS) is 10.2. The predicted octanol–water partition coefficient (Wildman–Crippen LogP) is -1.39. The second kappa shape index (κ2) is 6.30. The molecule has 0 saturated heterocycles. The van der Waals surface area contributed by atoms with Crippen LogP contribution in [-0.4, -0.2) is 19.6 Å². The van der Waals surface area contributed by atoms with E-state index in [1.807, 2.05) is 0 Å². The molecular weight excluding hydrogens is 227 g/mol. The first-order chi connectivity index (χ1) is 6.54. The SMILES string of the molecule is C=CCOc1ccc(S(=O)(=O)O)cc1.[H-].[Na+]. The Labute approximate surface area is 112 Å². The zero-order valence-corrected chi connectivity index (χ0v) is 11.2. The molecule has 78 valence electrons. The first-order valence-electron chi connectivity index (χ1n) is 3.85. The summed E-state index contributed by atoms with van der Waals surface area (Å²) < 4.78 is 35.1. The molecule has 0 unspecified atom stereocenters. The molecule has 6 heteroatoms. The van der Waals surface area contributed by atoms with Crippen molar-refractivity contribution in [3.63, 3.8) is 0 Å². The molecule has 15 heavy (non-hydrogen) atoms. The van der Waals surface area contributed by atoms with Crippen molar-refractivity contribution in [2.45, 2.75) is 4.90 Å². The monoisotopic (exact) mass is 238 g/mol. The summed E-state index contributed by atoms with van der Waals surface area (Å²) in [6.45, 7) is 3.82. The third-order valence-electron chi connectivity index (χ3n) is 1.49. The first-order valence-corrected chi connectivity index (χ1v) is 5.29. The Kier molecular flexibility index (Phi) is 6.16. The van der Waals surface area contributed by atoms with Gasteiger partial charge in [0.05, 0.1) is 4.90 Å². The van der Waals surface area contributed by atoms with E-state index in [-0.39, 0.29) is 35.9 Å². The molecule has 0 aliphatic heterocycles. The van der Waals surface area contributed by atoms with Crippen LogP contribution in [0.2, 0.25) is 0 Å². The minimum absolute atomic E-state index is 0. The summed E-state index contributed by atoms with van der Waals surface area (Å²) in [5.41, 5.74) is 0. The van der Waals surface area contributed by atoms with Gasteiger partial charge in [0.25, 0.3) is 10.1 Å². The summed E-state index contributed by atoms with van der Waals surface area (Å²) in [7, 11) is -4.12. The van der Waals surface area contributed by atoms with E-state index in [4.69, 9.17) is 9.29 Å². The zero-order chi connectivity index (χ0) is 10.6. The van der Waals surface area contributed by atoms with Crippen LogP contribution in [-0.2, 0) is 10.1 Å². The zero-order valence-electron chi connectivity index (χ0n) is 9.38. The van der Waals surface area contributed by atoms with Gasteiger partial charge < -0.3 is 6.16 Å². The molecule has 1 aromatic rings. The molecule has 0 aliphatic carbocycles. The van der Waals surface area contributed by atoms with Crippen LogP contribution >= 0.6 is 0 Å². The van der Waals surface area contributed by atoms with Crippen molar-refractivity contribution in [2.75, 3.05) is 6.61 Å². The fourth-order valence-electron chi connectivity index (χ4n) is 0.863. The molecule has 1 N–H and O–H groups in total. The van der Waals surface area contributed by atoms with Gasteiger partial charge in [-0.25, -0.2) is 0 Å². The van der Waals surface area contributed by atoms with Gasteiger partial charge in [-0.3, -0.25) is 4.55 Å². The van der Waals surface area contributed by atoms with Gasteiger partial charge in [-0.1, -0.05) is 12.7 Å². The maximum atomic E-state index is 10.7. The fourth-order valence-corrected chi connectivity index (χ4v) is 1.34. The smallest absolute Gasteiger partial charge is 1.00 e. The van der Waals surface area contributed by atoms with Crippen molar-refractivity contribution in [3.05, 3.63) is 36.9 Å². The Morgan fingerprint density at radius 3 is 2.33 bits per heavy atom. The van der Waals surface area contributed by atoms with Gasteiger partial charge in [-0.2, -0.15) is 8.42 Å². The van der Waals surface area contributed by atoms with Crippen LogP contribution in [0.25, 0.3) is 0 Å². The molecule has 0 bridgehead atoms. The van der Waals surface area contributed by atoms with Crippen molar-refractivity contribution >= 4 is 10.1 Å². The molecule has 0 aliphatic rings. The number of hydrogen-bond acceptors (Lipinski definition) is 3. The first kappa shape index (κ1) is 14.7. The van der Waals surface area contributed by atoms with Crippen LogP contribution in [0.4, 0.5) is 0 Å². The Balaban J connectivity index is 0. The standard InChI is InChI=1S/C9H10O4S.Na.H/c1-2-7-13-8-3-5-9(6-4-8)14(10,11)12;;/h2-6H,1,7H2,(H,10,11,12);;/q;+1;-1. The molecule has 0 spiro atoms. The van der Waals surface area contributed by atoms with Gasteiger partial charge in [0.2, 0.25) is 0 Å². The average molecular weight is 238 g/mol. The summed E-state index contributed by atoms with van der Waals surface area (Å²) in [6, 6.07) is 5.47. The number of ether oxygens (including phenoxy) is 1. The minimum Gasteiger partial charge on any atom is -1.00 e. The molecule has 0 heterocycles. The van der Waals surface area contributed by atoms with E-state index in [9.17, 15) is 8.42 Å². The molecule has 0 saturated carbocycles. The summed E-state index contributed by atoms with van der Waals surface area (Å²) in [5, 5.41) is 0. The number of hydrogen-bond donors (Lipinski definition) is 1. The van der Waals surface area contributed by atoms with Crippen LogP contribution in [0, 0.1) is 0 Å². The van der Waals surface area contributed by atoms with E-state index < -0.39 is 10.1 Å². The van der Waals surface area contributed by atoms with E-state index in [1.165, 1.54) is 24.3 Å². The van der Waals surface area contributed by atoms with Crippen LogP contribution in [0.5, 0.6) is 5.75 Å². The molecule has 0 amide bonds. The maximum absolute atomic E-state index is 10.7. The largest absolute Gasteiger partial charge is 1.00 e. The maximum Gasteiger partial charge on any atom is 1.00 e. The second-order valence-electron chi connectivity index (χ2n) is 2.55. The second-order valence-corrected chi connectivity index (χ2v) is 3.97. The Morgan fingerprint density at radius 1 is 1.40 bits per heavy atom. The third kappa shape index (κ3) is 4.81. The summed E-state index contributed by atoms with van der Waals surface area (Å²) in [6.07, 6.45) is 1.58. The Hall–Kier alpha value is -0.330. The summed E-state index contributed by atoms with van der Waals surface area (Å²) in [5.74, 6) is 0.525. The average Bonchev–Trinajstić information content (AvgIpc) is 2.14. The Morgan fingerprint density at radius 2 is 1.93 bits per heavy atom. The molecule has 0 aromatic heterocycles. The molecule has 1 aromatic carbocycles. The molecule has 0 radical (unpaired) electrons. The van der Waals surface area contributed by atoms with Gasteiger partial charge in [-0.05, 0) is 24.3 Å². The molecular formula is C9H11NaO4S. The van der Waals surface area contributed by atoms with E-state index in [2.05, 4.69) is 6.58 Å². The number of benzene rings is 1.